The third-order valence-electron chi connectivity index (χ3n) is 14.5. The van der Waals surface area contributed by atoms with Crippen LogP contribution in [-0.4, -0.2) is 99.6 Å². The van der Waals surface area contributed by atoms with E-state index in [1.54, 1.807) is 6.08 Å². The number of amides is 1. The van der Waals surface area contributed by atoms with Crippen molar-refractivity contribution in [1.82, 2.24) is 5.32 Å². The molecule has 0 aromatic carbocycles. The minimum atomic E-state index is -1.62. The summed E-state index contributed by atoms with van der Waals surface area (Å²) in [6.45, 7) is 5.63. The Morgan fingerprint density at radius 2 is 0.911 bits per heavy atom. The molecule has 454 valence electrons. The molecule has 0 spiro atoms. The topological polar surface area (TPSA) is 175 Å². The first-order valence-corrected chi connectivity index (χ1v) is 32.0. The molecule has 11 heteroatoms. The van der Waals surface area contributed by atoms with Crippen LogP contribution in [0.1, 0.15) is 258 Å². The van der Waals surface area contributed by atoms with Crippen LogP contribution in [-0.2, 0) is 23.8 Å². The van der Waals surface area contributed by atoms with Crippen LogP contribution in [0.5, 0.6) is 0 Å². The molecule has 1 heterocycles. The standard InChI is InChI=1S/C68H117NO10/c1-4-7-10-13-16-19-22-24-25-26-27-28-29-30-31-32-33-34-35-36-37-38-41-44-47-50-53-56-63(73)79-66-65(75)64(74)62(57-70)78-68(66)77-58-59(60(71)54-51-48-45-42-39-21-18-15-12-9-6-3)69-67(76)61(72)55-52-49-46-43-40-23-20-17-14-11-8-5-2/h7,10,16,19,24-25,27-28,30-31,33-34,40,43,51,54,59-62,64-66,68,70-72,74-75H,4-6,8-9,11-15,17-18,20-23,26,29,32,35-39,41-42,44-50,52-53,55-58H2,1-3H3,(H,69,76)/b10-7-,19-16-,25-24-,28-27-,31-30-,34-33-,43-40-,54-51+. The van der Waals surface area contributed by atoms with Gasteiger partial charge < -0.3 is 45.1 Å². The summed E-state index contributed by atoms with van der Waals surface area (Å²) in [5.41, 5.74) is 0. The number of carbonyl (C=O) groups excluding carboxylic acids is 2. The van der Waals surface area contributed by atoms with Crippen LogP contribution in [0.2, 0.25) is 0 Å². The smallest absolute Gasteiger partial charge is 0.306 e. The lowest BCUT2D eigenvalue weighted by Gasteiger charge is -2.41. The van der Waals surface area contributed by atoms with Crippen molar-refractivity contribution in [3.05, 3.63) is 97.2 Å². The number of nitrogens with one attached hydrogen (secondary N) is 1. The fourth-order valence-electron chi connectivity index (χ4n) is 9.41. The highest BCUT2D eigenvalue weighted by Crippen LogP contribution is 2.26. The minimum Gasteiger partial charge on any atom is -0.454 e. The first kappa shape index (κ1) is 73.6. The van der Waals surface area contributed by atoms with E-state index in [1.165, 1.54) is 103 Å². The van der Waals surface area contributed by atoms with Crippen molar-refractivity contribution in [2.45, 2.75) is 307 Å². The van der Waals surface area contributed by atoms with Gasteiger partial charge in [0.1, 0.15) is 24.4 Å². The molecular formula is C68H117NO10. The monoisotopic (exact) mass is 1110 g/mol. The third kappa shape index (κ3) is 43.0. The molecule has 1 aliphatic heterocycles. The van der Waals surface area contributed by atoms with Gasteiger partial charge in [-0.3, -0.25) is 9.59 Å². The molecule has 1 aliphatic rings. The van der Waals surface area contributed by atoms with Gasteiger partial charge >= 0.3 is 5.97 Å². The summed E-state index contributed by atoms with van der Waals surface area (Å²) in [5.74, 6) is -1.22. The van der Waals surface area contributed by atoms with Crippen LogP contribution < -0.4 is 5.32 Å². The fraction of sp³-hybridized carbons (Fsp3) is 0.735. The molecule has 0 aliphatic carbocycles. The fourth-order valence-corrected chi connectivity index (χ4v) is 9.41. The Morgan fingerprint density at radius 3 is 1.38 bits per heavy atom. The molecule has 0 saturated carbocycles. The van der Waals surface area contributed by atoms with Crippen molar-refractivity contribution >= 4 is 11.9 Å². The van der Waals surface area contributed by atoms with Gasteiger partial charge in [-0.05, 0) is 103 Å². The maximum atomic E-state index is 13.4. The number of hydrogen-bond acceptors (Lipinski definition) is 10. The van der Waals surface area contributed by atoms with Gasteiger partial charge in [-0.2, -0.15) is 0 Å². The van der Waals surface area contributed by atoms with Crippen LogP contribution in [0, 0.1) is 0 Å². The minimum absolute atomic E-state index is 0.107. The first-order valence-electron chi connectivity index (χ1n) is 32.0. The predicted molar refractivity (Wildman–Crippen MR) is 329 cm³/mol. The van der Waals surface area contributed by atoms with Crippen LogP contribution in [0.4, 0.5) is 0 Å². The number of esters is 1. The van der Waals surface area contributed by atoms with E-state index in [4.69, 9.17) is 14.2 Å². The van der Waals surface area contributed by atoms with Gasteiger partial charge in [0.25, 0.3) is 0 Å². The number of hydrogen-bond donors (Lipinski definition) is 6. The molecule has 79 heavy (non-hydrogen) atoms. The average molecular weight is 1110 g/mol. The molecule has 6 N–H and O–H groups in total. The quantitative estimate of drug-likeness (QED) is 0.0195. The van der Waals surface area contributed by atoms with E-state index < -0.39 is 67.4 Å². The molecule has 1 fully saturated rings. The van der Waals surface area contributed by atoms with Gasteiger partial charge in [-0.1, -0.05) is 246 Å². The molecule has 0 aromatic rings. The molecule has 0 aromatic heterocycles. The summed E-state index contributed by atoms with van der Waals surface area (Å²) in [4.78, 5) is 26.5. The maximum Gasteiger partial charge on any atom is 0.306 e. The van der Waals surface area contributed by atoms with Crippen LogP contribution in [0.15, 0.2) is 97.2 Å². The van der Waals surface area contributed by atoms with E-state index in [-0.39, 0.29) is 19.4 Å². The van der Waals surface area contributed by atoms with Crippen molar-refractivity contribution in [3.63, 3.8) is 0 Å². The lowest BCUT2D eigenvalue weighted by Crippen LogP contribution is -2.61. The van der Waals surface area contributed by atoms with Crippen molar-refractivity contribution in [3.8, 4) is 0 Å². The van der Waals surface area contributed by atoms with E-state index in [9.17, 15) is 35.1 Å². The maximum absolute atomic E-state index is 13.4. The highest BCUT2D eigenvalue weighted by molar-refractivity contribution is 5.80. The molecule has 1 saturated heterocycles. The van der Waals surface area contributed by atoms with E-state index in [1.807, 2.05) is 6.08 Å². The zero-order valence-corrected chi connectivity index (χ0v) is 50.2. The Kier molecular flexibility index (Phi) is 51.4. The Hall–Kier alpha value is -3.42. The number of carbonyl (C=O) groups is 2. The number of allylic oxidation sites excluding steroid dienone is 15. The van der Waals surface area contributed by atoms with Gasteiger partial charge in [0.2, 0.25) is 5.91 Å². The van der Waals surface area contributed by atoms with Crippen LogP contribution >= 0.6 is 0 Å². The van der Waals surface area contributed by atoms with E-state index >= 15 is 0 Å². The Bertz CT molecular complexity index is 1650. The summed E-state index contributed by atoms with van der Waals surface area (Å²) in [7, 11) is 0. The molecule has 11 nitrogen and oxygen atoms in total. The van der Waals surface area contributed by atoms with Gasteiger partial charge in [0.15, 0.2) is 12.4 Å². The lowest BCUT2D eigenvalue weighted by molar-refractivity contribution is -0.305. The Balaban J connectivity index is 2.58. The average Bonchev–Trinajstić information content (AvgIpc) is 3.47. The van der Waals surface area contributed by atoms with E-state index in [0.29, 0.717) is 12.8 Å². The summed E-state index contributed by atoms with van der Waals surface area (Å²) in [6, 6.07) is -1.04. The van der Waals surface area contributed by atoms with E-state index in [0.717, 1.165) is 109 Å². The number of ether oxygens (including phenoxy) is 3. The molecule has 1 rings (SSSR count). The SMILES string of the molecule is CC/C=C\C/C=C\C/C=C\C/C=C\C/C=C\C/C=C\CCCCCCCCCCC(=O)OC1C(OCC(NC(=O)C(O)CCCC/C=C\CCCCCCCC)C(O)/C=C/CCCCCCCCCCC)OC(CO)C(O)C1O. The second kappa shape index (κ2) is 55.1. The van der Waals surface area contributed by atoms with Gasteiger partial charge in [-0.25, -0.2) is 0 Å². The molecule has 1 amide bonds. The molecule has 0 bridgehead atoms. The Morgan fingerprint density at radius 1 is 0.506 bits per heavy atom. The largest absolute Gasteiger partial charge is 0.454 e. The summed E-state index contributed by atoms with van der Waals surface area (Å²) >= 11 is 0. The predicted octanol–water partition coefficient (Wildman–Crippen LogP) is 15.5. The van der Waals surface area contributed by atoms with Crippen molar-refractivity contribution in [2.75, 3.05) is 13.2 Å². The molecule has 8 unspecified atom stereocenters. The number of unbranched alkanes of at least 4 members (excludes halogenated alkanes) is 25. The third-order valence-corrected chi connectivity index (χ3v) is 14.5. The summed E-state index contributed by atoms with van der Waals surface area (Å²) in [5, 5.41) is 56.9. The van der Waals surface area contributed by atoms with Crippen molar-refractivity contribution in [2.24, 2.45) is 0 Å². The van der Waals surface area contributed by atoms with Crippen LogP contribution in [0.3, 0.4) is 0 Å². The highest BCUT2D eigenvalue weighted by Gasteiger charge is 2.47. The molecular weight excluding hydrogens is 991 g/mol. The van der Waals surface area contributed by atoms with Crippen LogP contribution in [0.25, 0.3) is 0 Å². The van der Waals surface area contributed by atoms with Gasteiger partial charge in [0.05, 0.1) is 25.4 Å². The highest BCUT2D eigenvalue weighted by atomic mass is 16.7. The van der Waals surface area contributed by atoms with E-state index in [2.05, 4.69) is 111 Å². The van der Waals surface area contributed by atoms with Crippen molar-refractivity contribution in [1.29, 1.82) is 0 Å². The van der Waals surface area contributed by atoms with Gasteiger partial charge in [0, 0.05) is 6.42 Å². The molecule has 0 radical (unpaired) electrons. The van der Waals surface area contributed by atoms with Gasteiger partial charge in [-0.15, -0.1) is 0 Å². The lowest BCUT2D eigenvalue weighted by atomic mass is 9.99. The first-order chi connectivity index (χ1) is 38.7. The summed E-state index contributed by atoms with van der Waals surface area (Å²) < 4.78 is 17.6. The Labute approximate surface area is 482 Å². The van der Waals surface area contributed by atoms with Crippen molar-refractivity contribution < 1.29 is 49.3 Å². The normalized spacial score (nSPS) is 19.5. The number of aliphatic hydroxyl groups excluding tert-OH is 5. The number of aliphatic hydroxyl groups is 5. The second-order valence-corrected chi connectivity index (χ2v) is 21.8. The summed E-state index contributed by atoms with van der Waals surface area (Å²) in [6.07, 6.45) is 63.1. The zero-order valence-electron chi connectivity index (χ0n) is 50.2. The molecule has 8 atom stereocenters. The zero-order chi connectivity index (χ0) is 57.5. The number of rotatable bonds is 53. The second-order valence-electron chi connectivity index (χ2n) is 21.8.